The van der Waals surface area contributed by atoms with Gasteiger partial charge in [-0.15, -0.1) is 0 Å². The second-order valence-electron chi connectivity index (χ2n) is 7.48. The third-order valence-electron chi connectivity index (χ3n) is 5.31. The lowest BCUT2D eigenvalue weighted by molar-refractivity contribution is -0.189. The number of alkyl halides is 3. The zero-order chi connectivity index (χ0) is 23.8. The largest absolute Gasteiger partial charge is 0.494 e. The Bertz CT molecular complexity index is 1210. The van der Waals surface area contributed by atoms with Crippen LogP contribution in [0.25, 0.3) is 5.69 Å². The van der Waals surface area contributed by atoms with Crippen LogP contribution in [-0.2, 0) is 13.1 Å². The summed E-state index contributed by atoms with van der Waals surface area (Å²) in [5.41, 5.74) is 2.14. The molecule has 0 unspecified atom stereocenters. The van der Waals surface area contributed by atoms with Crippen LogP contribution in [0, 0.1) is 11.3 Å². The molecule has 1 aromatic heterocycles. The summed E-state index contributed by atoms with van der Waals surface area (Å²) in [5.74, 6) is -1.05. The van der Waals surface area contributed by atoms with Gasteiger partial charge in [0, 0.05) is 18.3 Å². The minimum absolute atomic E-state index is 0.0130. The van der Waals surface area contributed by atoms with E-state index in [1.807, 2.05) is 42.6 Å². The van der Waals surface area contributed by atoms with Gasteiger partial charge < -0.3 is 14.4 Å². The highest BCUT2D eigenvalue weighted by Gasteiger charge is 2.40. The fourth-order valence-corrected chi connectivity index (χ4v) is 3.59. The van der Waals surface area contributed by atoms with Crippen LogP contribution in [0.3, 0.4) is 0 Å². The van der Waals surface area contributed by atoms with Gasteiger partial charge in [0.15, 0.2) is 11.9 Å². The van der Waals surface area contributed by atoms with Crippen molar-refractivity contribution in [2.75, 3.05) is 7.11 Å². The highest BCUT2D eigenvalue weighted by molar-refractivity contribution is 6.00. The highest BCUT2D eigenvalue weighted by Crippen LogP contribution is 2.37. The average molecular weight is 456 g/mol. The normalized spacial score (nSPS) is 13.9. The average Bonchev–Trinajstić information content (AvgIpc) is 3.37. The lowest BCUT2D eigenvalue weighted by Crippen LogP contribution is -2.33. The van der Waals surface area contributed by atoms with Gasteiger partial charge in [0.1, 0.15) is 17.4 Å². The molecule has 1 atom stereocenters. The zero-order valence-corrected chi connectivity index (χ0v) is 17.8. The number of ether oxygens (including phenoxy) is 2. The molecule has 2 aromatic carbocycles. The Labute approximate surface area is 187 Å². The van der Waals surface area contributed by atoms with Gasteiger partial charge in [-0.3, -0.25) is 4.79 Å². The van der Waals surface area contributed by atoms with Gasteiger partial charge in [-0.2, -0.15) is 23.5 Å². The number of aromatic nitrogens is 2. The summed E-state index contributed by atoms with van der Waals surface area (Å²) in [5, 5.41) is 13.9. The summed E-state index contributed by atoms with van der Waals surface area (Å²) < 4.78 is 51.3. The van der Waals surface area contributed by atoms with Crippen molar-refractivity contribution in [3.8, 4) is 23.3 Å². The number of nitrogens with zero attached hydrogens (tertiary/aromatic N) is 4. The number of hydrogen-bond acceptors (Lipinski definition) is 5. The molecule has 33 heavy (non-hydrogen) atoms. The van der Waals surface area contributed by atoms with E-state index in [2.05, 4.69) is 5.10 Å². The van der Waals surface area contributed by atoms with E-state index in [1.54, 1.807) is 4.68 Å². The zero-order valence-electron chi connectivity index (χ0n) is 17.8. The van der Waals surface area contributed by atoms with Crippen LogP contribution < -0.4 is 9.47 Å². The topological polar surface area (TPSA) is 80.4 Å². The summed E-state index contributed by atoms with van der Waals surface area (Å²) in [4.78, 5) is 14.8. The van der Waals surface area contributed by atoms with Crippen LogP contribution in [-0.4, -0.2) is 40.0 Å². The van der Waals surface area contributed by atoms with Crippen LogP contribution in [0.15, 0.2) is 48.7 Å². The maximum Gasteiger partial charge on any atom is 0.425 e. The van der Waals surface area contributed by atoms with Gasteiger partial charge in [-0.1, -0.05) is 18.2 Å². The molecule has 0 aliphatic carbocycles. The van der Waals surface area contributed by atoms with E-state index in [0.717, 1.165) is 18.2 Å². The van der Waals surface area contributed by atoms with Gasteiger partial charge in [0.05, 0.1) is 30.6 Å². The Kier molecular flexibility index (Phi) is 5.72. The number of hydrogen-bond donors (Lipinski definition) is 0. The molecule has 3 aromatic rings. The van der Waals surface area contributed by atoms with Crippen molar-refractivity contribution < 1.29 is 27.4 Å². The van der Waals surface area contributed by atoms with Crippen molar-refractivity contribution in [1.82, 2.24) is 14.7 Å². The molecule has 0 saturated heterocycles. The molecule has 1 amide bonds. The molecule has 0 fully saturated rings. The van der Waals surface area contributed by atoms with Crippen molar-refractivity contribution in [3.63, 3.8) is 0 Å². The molecule has 0 bridgehead atoms. The first-order chi connectivity index (χ1) is 15.7. The Hall–Kier alpha value is -4.00. The van der Waals surface area contributed by atoms with Crippen LogP contribution in [0.2, 0.25) is 0 Å². The molecular formula is C23H19F3N4O3. The van der Waals surface area contributed by atoms with Crippen LogP contribution in [0.5, 0.6) is 11.5 Å². The minimum Gasteiger partial charge on any atom is -0.494 e. The molecule has 0 spiro atoms. The first kappa shape index (κ1) is 22.2. The molecule has 0 N–H and O–H groups in total. The quantitative estimate of drug-likeness (QED) is 0.574. The second kappa shape index (κ2) is 8.50. The fraction of sp³-hybridized carbons (Fsp3) is 0.261. The molecule has 1 aliphatic rings. The summed E-state index contributed by atoms with van der Waals surface area (Å²) >= 11 is 0. The SMILES string of the molecule is COc1c(C#N)ccc(O[C@@H](C)C(F)(F)F)c1C(=O)N1Cc2cn(-c3ccccc3)nc2C1. The standard InChI is InChI=1S/C23H19F3N4O3/c1-14(23(24,25)26)33-19-9-8-15(10-27)21(32-2)20(19)22(31)29-11-16-12-30(28-18(16)13-29)17-6-4-3-5-7-17/h3-9,12,14H,11,13H2,1-2H3/t14-/m0/s1. The number of carbonyl (C=O) groups is 1. The third kappa shape index (κ3) is 4.22. The van der Waals surface area contributed by atoms with E-state index in [-0.39, 0.29) is 35.7 Å². The summed E-state index contributed by atoms with van der Waals surface area (Å²) in [6.07, 6.45) is -4.98. The molecule has 0 saturated carbocycles. The molecule has 0 radical (unpaired) electrons. The Morgan fingerprint density at radius 1 is 1.18 bits per heavy atom. The first-order valence-corrected chi connectivity index (χ1v) is 9.99. The molecule has 4 rings (SSSR count). The number of benzene rings is 2. The van der Waals surface area contributed by atoms with Crippen molar-refractivity contribution in [1.29, 1.82) is 5.26 Å². The van der Waals surface area contributed by atoms with Crippen molar-refractivity contribution in [3.05, 3.63) is 71.0 Å². The number of carbonyl (C=O) groups excluding carboxylic acids is 1. The molecule has 10 heteroatoms. The van der Waals surface area contributed by atoms with E-state index in [9.17, 15) is 23.2 Å². The number of nitriles is 1. The molecule has 2 heterocycles. The van der Waals surface area contributed by atoms with Gasteiger partial charge in [0.2, 0.25) is 0 Å². The number of amides is 1. The van der Waals surface area contributed by atoms with E-state index in [4.69, 9.17) is 9.47 Å². The van der Waals surface area contributed by atoms with Crippen molar-refractivity contribution in [2.45, 2.75) is 32.3 Å². The summed E-state index contributed by atoms with van der Waals surface area (Å²) in [7, 11) is 1.24. The van der Waals surface area contributed by atoms with E-state index in [1.165, 1.54) is 24.1 Å². The Balaban J connectivity index is 1.65. The monoisotopic (exact) mass is 456 g/mol. The van der Waals surface area contributed by atoms with Gasteiger partial charge >= 0.3 is 6.18 Å². The van der Waals surface area contributed by atoms with E-state index < -0.39 is 18.2 Å². The number of rotatable bonds is 5. The number of para-hydroxylation sites is 1. The molecular weight excluding hydrogens is 437 g/mol. The second-order valence-corrected chi connectivity index (χ2v) is 7.48. The molecule has 7 nitrogen and oxygen atoms in total. The van der Waals surface area contributed by atoms with Crippen LogP contribution in [0.4, 0.5) is 13.2 Å². The minimum atomic E-state index is -4.63. The first-order valence-electron chi connectivity index (χ1n) is 9.99. The van der Waals surface area contributed by atoms with Gasteiger partial charge in [-0.05, 0) is 31.2 Å². The molecule has 170 valence electrons. The maximum absolute atomic E-state index is 13.4. The van der Waals surface area contributed by atoms with E-state index >= 15 is 0 Å². The van der Waals surface area contributed by atoms with Crippen molar-refractivity contribution in [2.24, 2.45) is 0 Å². The Morgan fingerprint density at radius 2 is 1.91 bits per heavy atom. The lowest BCUT2D eigenvalue weighted by atomic mass is 10.1. The number of fused-ring (bicyclic) bond motifs is 1. The van der Waals surface area contributed by atoms with Crippen molar-refractivity contribution >= 4 is 5.91 Å². The Morgan fingerprint density at radius 3 is 2.52 bits per heavy atom. The maximum atomic E-state index is 13.4. The van der Waals surface area contributed by atoms with Crippen LogP contribution >= 0.6 is 0 Å². The number of methoxy groups -OCH3 is 1. The third-order valence-corrected chi connectivity index (χ3v) is 5.31. The fourth-order valence-electron chi connectivity index (χ4n) is 3.59. The summed E-state index contributed by atoms with van der Waals surface area (Å²) in [6, 6.07) is 13.8. The molecule has 1 aliphatic heterocycles. The smallest absolute Gasteiger partial charge is 0.425 e. The van der Waals surface area contributed by atoms with Crippen LogP contribution in [0.1, 0.15) is 34.1 Å². The van der Waals surface area contributed by atoms with Gasteiger partial charge in [0.25, 0.3) is 5.91 Å². The highest BCUT2D eigenvalue weighted by atomic mass is 19.4. The summed E-state index contributed by atoms with van der Waals surface area (Å²) in [6.45, 7) is 1.20. The van der Waals surface area contributed by atoms with Gasteiger partial charge in [-0.25, -0.2) is 4.68 Å². The number of halogens is 3. The lowest BCUT2D eigenvalue weighted by Gasteiger charge is -2.23. The predicted octanol–water partition coefficient (Wildman–Crippen LogP) is 4.24. The predicted molar refractivity (Wildman–Crippen MR) is 111 cm³/mol. The van der Waals surface area contributed by atoms with E-state index in [0.29, 0.717) is 5.69 Å².